The van der Waals surface area contributed by atoms with Crippen LogP contribution in [0.4, 0.5) is 5.82 Å². The van der Waals surface area contributed by atoms with Gasteiger partial charge in [-0.05, 0) is 11.4 Å². The average molecular weight is 249 g/mol. The van der Waals surface area contributed by atoms with Gasteiger partial charge in [-0.15, -0.1) is 0 Å². The topological polar surface area (TPSA) is 92.2 Å². The molecule has 0 radical (unpaired) electrons. The Hall–Kier alpha value is -2.28. The summed E-state index contributed by atoms with van der Waals surface area (Å²) in [6, 6.07) is 1.64. The molecule has 0 atom stereocenters. The number of carboxylic acid groups (broad SMARTS) is 1. The largest absolute Gasteiger partial charge is 0.476 e. The fraction of sp³-hybridized carbons (Fsp3) is 0. The van der Waals surface area contributed by atoms with Gasteiger partial charge in [0.2, 0.25) is 0 Å². The molecule has 2 aromatic heterocycles. The van der Waals surface area contributed by atoms with Gasteiger partial charge in [0, 0.05) is 17.8 Å². The molecule has 2 N–H and O–H groups in total. The van der Waals surface area contributed by atoms with Crippen molar-refractivity contribution in [2.45, 2.75) is 0 Å². The third kappa shape index (κ3) is 2.45. The maximum atomic E-state index is 11.7. The number of rotatable bonds is 3. The highest BCUT2D eigenvalue weighted by Gasteiger charge is 2.15. The van der Waals surface area contributed by atoms with Crippen LogP contribution in [0.15, 0.2) is 29.2 Å². The van der Waals surface area contributed by atoms with Crippen molar-refractivity contribution >= 4 is 29.0 Å². The summed E-state index contributed by atoms with van der Waals surface area (Å²) < 4.78 is 0. The summed E-state index contributed by atoms with van der Waals surface area (Å²) in [4.78, 5) is 29.9. The Morgan fingerprint density at radius 2 is 2.06 bits per heavy atom. The number of aromatic nitrogens is 2. The van der Waals surface area contributed by atoms with Crippen LogP contribution in [0.3, 0.4) is 0 Å². The molecule has 0 aliphatic carbocycles. The number of carboxylic acids is 1. The van der Waals surface area contributed by atoms with Crippen LogP contribution in [0.1, 0.15) is 20.8 Å². The number of carbonyl (C=O) groups is 2. The quantitative estimate of drug-likeness (QED) is 0.859. The lowest BCUT2D eigenvalue weighted by molar-refractivity contribution is 0.0691. The van der Waals surface area contributed by atoms with Gasteiger partial charge in [0.15, 0.2) is 11.5 Å². The number of carbonyl (C=O) groups excluding carboxylic acids is 1. The Bertz CT molecular complexity index is 554. The van der Waals surface area contributed by atoms with Crippen LogP contribution in [-0.2, 0) is 0 Å². The van der Waals surface area contributed by atoms with Gasteiger partial charge in [-0.25, -0.2) is 14.8 Å². The second kappa shape index (κ2) is 4.71. The van der Waals surface area contributed by atoms with Crippen LogP contribution in [0.25, 0.3) is 0 Å². The minimum Gasteiger partial charge on any atom is -0.476 e. The Kier molecular flexibility index (Phi) is 3.10. The number of amides is 1. The first kappa shape index (κ1) is 11.2. The van der Waals surface area contributed by atoms with E-state index < -0.39 is 11.9 Å². The molecule has 0 aromatic carbocycles. The molecule has 0 aliphatic heterocycles. The van der Waals surface area contributed by atoms with Crippen molar-refractivity contribution in [3.05, 3.63) is 40.5 Å². The van der Waals surface area contributed by atoms with E-state index in [0.29, 0.717) is 5.56 Å². The highest BCUT2D eigenvalue weighted by molar-refractivity contribution is 7.08. The molecule has 2 heterocycles. The van der Waals surface area contributed by atoms with E-state index >= 15 is 0 Å². The van der Waals surface area contributed by atoms with Crippen molar-refractivity contribution in [3.8, 4) is 0 Å². The number of hydrogen-bond donors (Lipinski definition) is 2. The number of hydrogen-bond acceptors (Lipinski definition) is 5. The van der Waals surface area contributed by atoms with E-state index in [0.717, 1.165) is 0 Å². The lowest BCUT2D eigenvalue weighted by atomic mass is 10.3. The summed E-state index contributed by atoms with van der Waals surface area (Å²) in [5, 5.41) is 14.7. The molecular weight excluding hydrogens is 242 g/mol. The Balaban J connectivity index is 2.25. The molecule has 1 amide bonds. The zero-order valence-electron chi connectivity index (χ0n) is 8.45. The van der Waals surface area contributed by atoms with Crippen molar-refractivity contribution in [1.82, 2.24) is 9.97 Å². The number of thiophene rings is 1. The fourth-order valence-electron chi connectivity index (χ4n) is 1.16. The fourth-order valence-corrected chi connectivity index (χ4v) is 1.80. The van der Waals surface area contributed by atoms with Crippen molar-refractivity contribution in [3.63, 3.8) is 0 Å². The zero-order chi connectivity index (χ0) is 12.3. The molecule has 0 bridgehead atoms. The molecule has 17 heavy (non-hydrogen) atoms. The third-order valence-electron chi connectivity index (χ3n) is 1.92. The van der Waals surface area contributed by atoms with E-state index in [9.17, 15) is 9.59 Å². The molecule has 86 valence electrons. The molecule has 0 aliphatic rings. The predicted molar refractivity (Wildman–Crippen MR) is 61.3 cm³/mol. The minimum absolute atomic E-state index is 0.0591. The van der Waals surface area contributed by atoms with Gasteiger partial charge < -0.3 is 10.4 Å². The van der Waals surface area contributed by atoms with Gasteiger partial charge in [-0.3, -0.25) is 4.79 Å². The first-order valence-electron chi connectivity index (χ1n) is 4.56. The summed E-state index contributed by atoms with van der Waals surface area (Å²) in [6.07, 6.45) is 2.57. The van der Waals surface area contributed by atoms with Crippen LogP contribution in [-0.4, -0.2) is 27.0 Å². The molecular formula is C10H7N3O3S. The van der Waals surface area contributed by atoms with Crippen LogP contribution in [0.2, 0.25) is 0 Å². The standard InChI is InChI=1S/C10H7N3O3S/c14-9(6-1-4-17-5-6)13-8-7(10(15)16)11-2-3-12-8/h1-5H,(H,15,16)(H,12,13,14). The summed E-state index contributed by atoms with van der Waals surface area (Å²) in [7, 11) is 0. The number of anilines is 1. The SMILES string of the molecule is O=C(Nc1nccnc1C(=O)O)c1ccsc1. The molecule has 6 nitrogen and oxygen atoms in total. The van der Waals surface area contributed by atoms with Crippen molar-refractivity contribution in [2.75, 3.05) is 5.32 Å². The van der Waals surface area contributed by atoms with Crippen LogP contribution < -0.4 is 5.32 Å². The Morgan fingerprint density at radius 1 is 1.29 bits per heavy atom. The normalized spacial score (nSPS) is 9.88. The van der Waals surface area contributed by atoms with E-state index in [2.05, 4.69) is 15.3 Å². The van der Waals surface area contributed by atoms with E-state index in [4.69, 9.17) is 5.11 Å². The first-order chi connectivity index (χ1) is 8.18. The number of nitrogens with one attached hydrogen (secondary N) is 1. The average Bonchev–Trinajstić information content (AvgIpc) is 2.83. The minimum atomic E-state index is -1.24. The molecule has 0 fully saturated rings. The summed E-state index contributed by atoms with van der Waals surface area (Å²) in [5.74, 6) is -1.70. The molecule has 0 saturated carbocycles. The molecule has 0 unspecified atom stereocenters. The third-order valence-corrected chi connectivity index (χ3v) is 2.60. The van der Waals surface area contributed by atoms with E-state index in [1.807, 2.05) is 0 Å². The van der Waals surface area contributed by atoms with E-state index in [1.165, 1.54) is 23.7 Å². The maximum Gasteiger partial charge on any atom is 0.358 e. The molecule has 0 saturated heterocycles. The summed E-state index contributed by atoms with van der Waals surface area (Å²) >= 11 is 1.38. The van der Waals surface area contributed by atoms with Gasteiger partial charge in [-0.1, -0.05) is 0 Å². The van der Waals surface area contributed by atoms with Crippen molar-refractivity contribution in [1.29, 1.82) is 0 Å². The molecule has 2 rings (SSSR count). The zero-order valence-corrected chi connectivity index (χ0v) is 9.27. The van der Waals surface area contributed by atoms with Crippen LogP contribution >= 0.6 is 11.3 Å². The smallest absolute Gasteiger partial charge is 0.358 e. The highest BCUT2D eigenvalue weighted by Crippen LogP contribution is 2.12. The van der Waals surface area contributed by atoms with Crippen molar-refractivity contribution < 1.29 is 14.7 Å². The first-order valence-corrected chi connectivity index (χ1v) is 5.50. The second-order valence-electron chi connectivity index (χ2n) is 3.02. The second-order valence-corrected chi connectivity index (χ2v) is 3.80. The van der Waals surface area contributed by atoms with Gasteiger partial charge in [-0.2, -0.15) is 11.3 Å². The molecule has 2 aromatic rings. The molecule has 0 spiro atoms. The van der Waals surface area contributed by atoms with E-state index in [1.54, 1.807) is 16.8 Å². The number of aromatic carboxylic acids is 1. The van der Waals surface area contributed by atoms with Crippen LogP contribution in [0, 0.1) is 0 Å². The van der Waals surface area contributed by atoms with Crippen LogP contribution in [0.5, 0.6) is 0 Å². The number of nitrogens with zero attached hydrogens (tertiary/aromatic N) is 2. The highest BCUT2D eigenvalue weighted by atomic mass is 32.1. The lowest BCUT2D eigenvalue weighted by Gasteiger charge is -2.04. The van der Waals surface area contributed by atoms with Gasteiger partial charge >= 0.3 is 5.97 Å². The predicted octanol–water partition coefficient (Wildman–Crippen LogP) is 1.49. The van der Waals surface area contributed by atoms with Gasteiger partial charge in [0.1, 0.15) is 0 Å². The van der Waals surface area contributed by atoms with E-state index in [-0.39, 0.29) is 11.5 Å². The molecule has 7 heteroatoms. The Morgan fingerprint density at radius 3 is 2.71 bits per heavy atom. The summed E-state index contributed by atoms with van der Waals surface area (Å²) in [5.41, 5.74) is 0.174. The van der Waals surface area contributed by atoms with Crippen molar-refractivity contribution in [2.24, 2.45) is 0 Å². The Labute approximate surface area is 100.0 Å². The monoisotopic (exact) mass is 249 g/mol. The maximum absolute atomic E-state index is 11.7. The van der Waals surface area contributed by atoms with Gasteiger partial charge in [0.05, 0.1) is 5.56 Å². The van der Waals surface area contributed by atoms with Gasteiger partial charge in [0.25, 0.3) is 5.91 Å². The lowest BCUT2D eigenvalue weighted by Crippen LogP contribution is -2.16. The summed E-state index contributed by atoms with van der Waals surface area (Å²) in [6.45, 7) is 0.